The molecule has 0 aliphatic rings. The molecule has 0 spiro atoms. The largest absolute Gasteiger partial charge is 0.456 e. The maximum Gasteiger partial charge on any atom is 0.164 e. The number of furan rings is 2. The molecular formula is C47H27N3O2. The van der Waals surface area contributed by atoms with Gasteiger partial charge < -0.3 is 8.83 Å². The molecule has 3 heterocycles. The summed E-state index contributed by atoms with van der Waals surface area (Å²) in [5.74, 6) is 1.73. The zero-order valence-corrected chi connectivity index (χ0v) is 27.7. The highest BCUT2D eigenvalue weighted by atomic mass is 16.3. The van der Waals surface area contributed by atoms with E-state index in [-0.39, 0.29) is 0 Å². The first-order valence-corrected chi connectivity index (χ1v) is 17.3. The predicted molar refractivity (Wildman–Crippen MR) is 211 cm³/mol. The molecule has 0 unspecified atom stereocenters. The molecule has 0 aliphatic heterocycles. The van der Waals surface area contributed by atoms with Crippen LogP contribution in [0.2, 0.25) is 0 Å². The Morgan fingerprint density at radius 3 is 1.79 bits per heavy atom. The number of aromatic nitrogens is 3. The first-order valence-electron chi connectivity index (χ1n) is 17.3. The minimum absolute atomic E-state index is 0.566. The van der Waals surface area contributed by atoms with Crippen molar-refractivity contribution < 1.29 is 8.83 Å². The molecule has 0 fully saturated rings. The number of nitrogens with zero attached hydrogens (tertiary/aromatic N) is 3. The Morgan fingerprint density at radius 1 is 0.327 bits per heavy atom. The van der Waals surface area contributed by atoms with Gasteiger partial charge in [0.15, 0.2) is 17.5 Å². The van der Waals surface area contributed by atoms with E-state index in [2.05, 4.69) is 109 Å². The fraction of sp³-hybridized carbons (Fsp3) is 0. The highest BCUT2D eigenvalue weighted by molar-refractivity contribution is 6.18. The van der Waals surface area contributed by atoms with Crippen molar-refractivity contribution >= 4 is 65.4 Å². The third kappa shape index (κ3) is 4.53. The Balaban J connectivity index is 1.19. The summed E-state index contributed by atoms with van der Waals surface area (Å²) in [7, 11) is 0. The van der Waals surface area contributed by atoms with Crippen molar-refractivity contribution in [3.8, 4) is 45.3 Å². The lowest BCUT2D eigenvalue weighted by molar-refractivity contribution is 0.669. The smallest absolute Gasteiger partial charge is 0.164 e. The summed E-state index contributed by atoms with van der Waals surface area (Å²) in [6.07, 6.45) is 0. The highest BCUT2D eigenvalue weighted by Gasteiger charge is 2.22. The molecule has 8 aromatic carbocycles. The van der Waals surface area contributed by atoms with Gasteiger partial charge in [-0.05, 0) is 75.6 Å². The van der Waals surface area contributed by atoms with E-state index in [1.807, 2.05) is 54.6 Å². The van der Waals surface area contributed by atoms with Crippen LogP contribution in [0.1, 0.15) is 0 Å². The van der Waals surface area contributed by atoms with Crippen LogP contribution < -0.4 is 0 Å². The Labute approximate surface area is 297 Å². The molecule has 0 N–H and O–H groups in total. The van der Waals surface area contributed by atoms with Crippen LogP contribution in [0.15, 0.2) is 173 Å². The second-order valence-corrected chi connectivity index (χ2v) is 13.2. The molecule has 0 saturated carbocycles. The van der Waals surface area contributed by atoms with Gasteiger partial charge in [0, 0.05) is 43.8 Å². The molecule has 11 rings (SSSR count). The molecule has 0 amide bonds. The fourth-order valence-corrected chi connectivity index (χ4v) is 7.54. The van der Waals surface area contributed by atoms with E-state index < -0.39 is 0 Å². The van der Waals surface area contributed by atoms with Crippen molar-refractivity contribution in [1.82, 2.24) is 15.0 Å². The molecule has 0 atom stereocenters. The first kappa shape index (κ1) is 28.7. The SMILES string of the molecule is c1ccc(-c2nc(-c3ccc4c(c3)oc3ccccc34)nc(-c3ccc(-c4ccc5ccccc5c4)c4oc5cc6ccccc6cc5c34)n2)cc1. The molecule has 242 valence electrons. The van der Waals surface area contributed by atoms with Crippen molar-refractivity contribution in [2.24, 2.45) is 0 Å². The van der Waals surface area contributed by atoms with Crippen LogP contribution in [0.5, 0.6) is 0 Å². The lowest BCUT2D eigenvalue weighted by atomic mass is 9.96. The average Bonchev–Trinajstić information content (AvgIpc) is 3.77. The Kier molecular flexibility index (Phi) is 6.18. The molecule has 5 heteroatoms. The summed E-state index contributed by atoms with van der Waals surface area (Å²) in [6.45, 7) is 0. The van der Waals surface area contributed by atoms with Crippen LogP contribution in [0.4, 0.5) is 0 Å². The van der Waals surface area contributed by atoms with Gasteiger partial charge in [-0.15, -0.1) is 0 Å². The Hall–Kier alpha value is -7.11. The lowest BCUT2D eigenvalue weighted by Crippen LogP contribution is -2.00. The number of hydrogen-bond acceptors (Lipinski definition) is 5. The van der Waals surface area contributed by atoms with Crippen molar-refractivity contribution in [2.45, 2.75) is 0 Å². The van der Waals surface area contributed by atoms with E-state index in [1.165, 1.54) is 10.8 Å². The minimum Gasteiger partial charge on any atom is -0.456 e. The van der Waals surface area contributed by atoms with E-state index in [0.717, 1.165) is 82.5 Å². The quantitative estimate of drug-likeness (QED) is 0.187. The molecule has 0 radical (unpaired) electrons. The third-order valence-corrected chi connectivity index (χ3v) is 10.1. The van der Waals surface area contributed by atoms with Crippen LogP contribution in [0.3, 0.4) is 0 Å². The minimum atomic E-state index is 0.566. The molecule has 0 bridgehead atoms. The van der Waals surface area contributed by atoms with E-state index in [4.69, 9.17) is 23.8 Å². The van der Waals surface area contributed by atoms with Gasteiger partial charge in [-0.2, -0.15) is 0 Å². The van der Waals surface area contributed by atoms with Gasteiger partial charge in [-0.1, -0.05) is 115 Å². The normalized spacial score (nSPS) is 11.8. The monoisotopic (exact) mass is 665 g/mol. The van der Waals surface area contributed by atoms with Crippen molar-refractivity contribution in [2.75, 3.05) is 0 Å². The van der Waals surface area contributed by atoms with Gasteiger partial charge >= 0.3 is 0 Å². The third-order valence-electron chi connectivity index (χ3n) is 10.1. The summed E-state index contributed by atoms with van der Waals surface area (Å²) in [6, 6.07) is 56.4. The molecule has 52 heavy (non-hydrogen) atoms. The summed E-state index contributed by atoms with van der Waals surface area (Å²) >= 11 is 0. The van der Waals surface area contributed by atoms with Gasteiger partial charge in [0.05, 0.1) is 0 Å². The maximum atomic E-state index is 6.84. The maximum absolute atomic E-state index is 6.84. The predicted octanol–water partition coefficient (Wildman–Crippen LogP) is 12.6. The van der Waals surface area contributed by atoms with E-state index >= 15 is 0 Å². The Morgan fingerprint density at radius 2 is 0.942 bits per heavy atom. The van der Waals surface area contributed by atoms with Crippen molar-refractivity contribution in [3.05, 3.63) is 164 Å². The van der Waals surface area contributed by atoms with Gasteiger partial charge in [-0.25, -0.2) is 15.0 Å². The van der Waals surface area contributed by atoms with Gasteiger partial charge in [0.25, 0.3) is 0 Å². The fourth-order valence-electron chi connectivity index (χ4n) is 7.54. The topological polar surface area (TPSA) is 65.0 Å². The highest BCUT2D eigenvalue weighted by Crippen LogP contribution is 2.43. The standard InChI is InChI=1S/C47H27N3O2/c1-2-11-29(12-3-1)45-48-46(34-20-21-37-36-16-8-9-17-40(36)51-41(37)27-34)50-47(49-45)38-23-22-35(33-19-18-28-10-4-5-13-30(28)24-33)44-43(38)39-25-31-14-6-7-15-32(31)26-42(39)52-44/h1-27H. The lowest BCUT2D eigenvalue weighted by Gasteiger charge is -2.11. The first-order chi connectivity index (χ1) is 25.7. The zero-order chi connectivity index (χ0) is 34.2. The molecule has 3 aromatic heterocycles. The number of rotatable bonds is 4. The van der Waals surface area contributed by atoms with E-state index in [1.54, 1.807) is 0 Å². The number of hydrogen-bond donors (Lipinski definition) is 0. The van der Waals surface area contributed by atoms with Gasteiger partial charge in [0.2, 0.25) is 0 Å². The molecule has 11 aromatic rings. The van der Waals surface area contributed by atoms with Crippen molar-refractivity contribution in [1.29, 1.82) is 0 Å². The van der Waals surface area contributed by atoms with Crippen LogP contribution in [-0.2, 0) is 0 Å². The van der Waals surface area contributed by atoms with Gasteiger partial charge in [-0.3, -0.25) is 0 Å². The molecule has 0 aliphatic carbocycles. The van der Waals surface area contributed by atoms with E-state index in [0.29, 0.717) is 17.5 Å². The summed E-state index contributed by atoms with van der Waals surface area (Å²) < 4.78 is 13.1. The van der Waals surface area contributed by atoms with Crippen molar-refractivity contribution in [3.63, 3.8) is 0 Å². The molecule has 0 saturated heterocycles. The molecule has 5 nitrogen and oxygen atoms in total. The second-order valence-electron chi connectivity index (χ2n) is 13.2. The zero-order valence-electron chi connectivity index (χ0n) is 27.7. The summed E-state index contributed by atoms with van der Waals surface area (Å²) in [5.41, 5.74) is 7.97. The number of fused-ring (bicyclic) bond motifs is 8. The summed E-state index contributed by atoms with van der Waals surface area (Å²) in [5, 5.41) is 8.75. The molecular weight excluding hydrogens is 639 g/mol. The average molecular weight is 666 g/mol. The number of para-hydroxylation sites is 1. The van der Waals surface area contributed by atoms with Crippen LogP contribution in [0.25, 0.3) is 111 Å². The van der Waals surface area contributed by atoms with E-state index in [9.17, 15) is 0 Å². The number of benzene rings is 8. The Bertz CT molecular complexity index is 3190. The van der Waals surface area contributed by atoms with Crippen LogP contribution >= 0.6 is 0 Å². The summed E-state index contributed by atoms with van der Waals surface area (Å²) in [4.78, 5) is 15.4. The van der Waals surface area contributed by atoms with Crippen LogP contribution in [0, 0.1) is 0 Å². The van der Waals surface area contributed by atoms with Crippen LogP contribution in [-0.4, -0.2) is 15.0 Å². The van der Waals surface area contributed by atoms with Gasteiger partial charge in [0.1, 0.15) is 22.3 Å². The second kappa shape index (κ2) is 11.2.